The van der Waals surface area contributed by atoms with E-state index in [0.29, 0.717) is 26.2 Å². The van der Waals surface area contributed by atoms with Gasteiger partial charge in [0.15, 0.2) is 0 Å². The predicted molar refractivity (Wildman–Crippen MR) is 89.1 cm³/mol. The molecule has 5 heteroatoms. The van der Waals surface area contributed by atoms with Crippen LogP contribution < -0.4 is 10.2 Å². The second-order valence-corrected chi connectivity index (χ2v) is 5.76. The Morgan fingerprint density at radius 1 is 1.41 bits per heavy atom. The average Bonchev–Trinajstić information content (AvgIpc) is 2.68. The number of para-hydroxylation sites is 1. The van der Waals surface area contributed by atoms with Crippen LogP contribution in [-0.4, -0.2) is 57.2 Å². The number of hydrogen-bond donors (Lipinski definition) is 1. The molecule has 1 aromatic carbocycles. The molecule has 122 valence electrons. The van der Waals surface area contributed by atoms with Gasteiger partial charge in [0.05, 0.1) is 13.2 Å². The minimum atomic E-state index is 0.160. The minimum Gasteiger partial charge on any atom is -0.383 e. The van der Waals surface area contributed by atoms with Crippen LogP contribution in [0.3, 0.4) is 0 Å². The fourth-order valence-corrected chi connectivity index (χ4v) is 2.95. The van der Waals surface area contributed by atoms with E-state index < -0.39 is 0 Å². The number of ether oxygens (including phenoxy) is 1. The standard InChI is InChI=1S/C17H27N3O2/c1-4-15-13-19(2)16-8-6-5-7-14(16)12-20(15)17(21)11-18-9-10-22-3/h5-8,15,18H,4,9-13H2,1-3H3/t15-/m0/s1. The molecule has 0 saturated carbocycles. The van der Waals surface area contributed by atoms with Crippen LogP contribution in [0, 0.1) is 0 Å². The van der Waals surface area contributed by atoms with Crippen molar-refractivity contribution in [1.29, 1.82) is 0 Å². The van der Waals surface area contributed by atoms with Crippen LogP contribution >= 0.6 is 0 Å². The number of benzene rings is 1. The molecule has 1 atom stereocenters. The van der Waals surface area contributed by atoms with E-state index in [9.17, 15) is 4.79 Å². The van der Waals surface area contributed by atoms with Crippen LogP contribution in [0.4, 0.5) is 5.69 Å². The molecular formula is C17H27N3O2. The highest BCUT2D eigenvalue weighted by Crippen LogP contribution is 2.26. The molecule has 1 amide bonds. The van der Waals surface area contributed by atoms with Gasteiger partial charge in [-0.1, -0.05) is 25.1 Å². The topological polar surface area (TPSA) is 44.8 Å². The van der Waals surface area contributed by atoms with Crippen molar-refractivity contribution in [2.24, 2.45) is 0 Å². The van der Waals surface area contributed by atoms with Crippen LogP contribution in [0.15, 0.2) is 24.3 Å². The zero-order valence-electron chi connectivity index (χ0n) is 13.8. The fourth-order valence-electron chi connectivity index (χ4n) is 2.95. The molecule has 0 saturated heterocycles. The van der Waals surface area contributed by atoms with Crippen molar-refractivity contribution in [3.05, 3.63) is 29.8 Å². The van der Waals surface area contributed by atoms with E-state index in [1.54, 1.807) is 7.11 Å². The zero-order valence-corrected chi connectivity index (χ0v) is 13.8. The lowest BCUT2D eigenvalue weighted by molar-refractivity contribution is -0.133. The maximum atomic E-state index is 12.6. The maximum absolute atomic E-state index is 12.6. The summed E-state index contributed by atoms with van der Waals surface area (Å²) >= 11 is 0. The first-order valence-electron chi connectivity index (χ1n) is 7.95. The number of nitrogens with zero attached hydrogens (tertiary/aromatic N) is 2. The number of anilines is 1. The molecule has 1 aromatic rings. The highest BCUT2D eigenvalue weighted by atomic mass is 16.5. The van der Waals surface area contributed by atoms with Gasteiger partial charge < -0.3 is 19.9 Å². The molecule has 1 aliphatic rings. The van der Waals surface area contributed by atoms with E-state index >= 15 is 0 Å². The van der Waals surface area contributed by atoms with Gasteiger partial charge in [-0.2, -0.15) is 0 Å². The summed E-state index contributed by atoms with van der Waals surface area (Å²) in [5.41, 5.74) is 2.44. The molecule has 1 heterocycles. The van der Waals surface area contributed by atoms with E-state index in [2.05, 4.69) is 42.4 Å². The first-order chi connectivity index (χ1) is 10.7. The highest BCUT2D eigenvalue weighted by Gasteiger charge is 2.28. The predicted octanol–water partition coefficient (Wildman–Crippen LogP) is 1.48. The highest BCUT2D eigenvalue weighted by molar-refractivity contribution is 5.79. The number of fused-ring (bicyclic) bond motifs is 1. The number of rotatable bonds is 6. The van der Waals surface area contributed by atoms with Crippen molar-refractivity contribution < 1.29 is 9.53 Å². The van der Waals surface area contributed by atoms with Gasteiger partial charge in [0.25, 0.3) is 0 Å². The number of methoxy groups -OCH3 is 1. The van der Waals surface area contributed by atoms with Gasteiger partial charge in [-0.25, -0.2) is 0 Å². The number of nitrogens with one attached hydrogen (secondary N) is 1. The van der Waals surface area contributed by atoms with Crippen molar-refractivity contribution in [3.63, 3.8) is 0 Å². The lowest BCUT2D eigenvalue weighted by Crippen LogP contribution is -2.47. The number of likely N-dealkylation sites (N-methyl/N-ethyl adjacent to an activating group) is 1. The number of carbonyl (C=O) groups excluding carboxylic acids is 1. The first kappa shape index (κ1) is 16.8. The van der Waals surface area contributed by atoms with E-state index in [0.717, 1.165) is 13.0 Å². The molecule has 5 nitrogen and oxygen atoms in total. The second-order valence-electron chi connectivity index (χ2n) is 5.76. The first-order valence-corrected chi connectivity index (χ1v) is 7.95. The lowest BCUT2D eigenvalue weighted by Gasteiger charge is -2.31. The fraction of sp³-hybridized carbons (Fsp3) is 0.588. The van der Waals surface area contributed by atoms with Crippen molar-refractivity contribution in [2.45, 2.75) is 25.9 Å². The Bertz CT molecular complexity index is 493. The Balaban J connectivity index is 2.09. The Morgan fingerprint density at radius 2 is 2.18 bits per heavy atom. The Kier molecular flexibility index (Phi) is 6.21. The summed E-state index contributed by atoms with van der Waals surface area (Å²) < 4.78 is 5.00. The Hall–Kier alpha value is -1.59. The molecule has 0 fully saturated rings. The van der Waals surface area contributed by atoms with Crippen LogP contribution in [-0.2, 0) is 16.1 Å². The molecule has 22 heavy (non-hydrogen) atoms. The minimum absolute atomic E-state index is 0.160. The van der Waals surface area contributed by atoms with E-state index in [4.69, 9.17) is 4.74 Å². The van der Waals surface area contributed by atoms with Crippen LogP contribution in [0.2, 0.25) is 0 Å². The molecule has 2 rings (SSSR count). The monoisotopic (exact) mass is 305 g/mol. The second kappa shape index (κ2) is 8.15. The van der Waals surface area contributed by atoms with Gasteiger partial charge >= 0.3 is 0 Å². The zero-order chi connectivity index (χ0) is 15.9. The van der Waals surface area contributed by atoms with Crippen molar-refractivity contribution in [2.75, 3.05) is 45.3 Å². The molecular weight excluding hydrogens is 278 g/mol. The summed E-state index contributed by atoms with van der Waals surface area (Å²) in [6, 6.07) is 8.59. The molecule has 0 spiro atoms. The number of amides is 1. The van der Waals surface area contributed by atoms with Gasteiger partial charge in [0.2, 0.25) is 5.91 Å². The largest absolute Gasteiger partial charge is 0.383 e. The van der Waals surface area contributed by atoms with Crippen LogP contribution in [0.5, 0.6) is 0 Å². The molecule has 1 N–H and O–H groups in total. The van der Waals surface area contributed by atoms with Crippen molar-refractivity contribution in [1.82, 2.24) is 10.2 Å². The third-order valence-electron chi connectivity index (χ3n) is 4.22. The SMILES string of the molecule is CC[C@H]1CN(C)c2ccccc2CN1C(=O)CNCCOC. The Morgan fingerprint density at radius 3 is 2.91 bits per heavy atom. The van der Waals surface area contributed by atoms with Crippen molar-refractivity contribution >= 4 is 11.6 Å². The quantitative estimate of drug-likeness (QED) is 0.809. The molecule has 0 radical (unpaired) electrons. The summed E-state index contributed by atoms with van der Waals surface area (Å²) in [6.07, 6.45) is 0.960. The lowest BCUT2D eigenvalue weighted by atomic mass is 10.1. The van der Waals surface area contributed by atoms with E-state index in [1.165, 1.54) is 11.3 Å². The summed E-state index contributed by atoms with van der Waals surface area (Å²) in [5, 5.41) is 3.15. The maximum Gasteiger partial charge on any atom is 0.237 e. The van der Waals surface area contributed by atoms with E-state index in [1.807, 2.05) is 11.0 Å². The molecule has 1 aliphatic heterocycles. The number of hydrogen-bond acceptors (Lipinski definition) is 4. The van der Waals surface area contributed by atoms with Gasteiger partial charge in [0.1, 0.15) is 0 Å². The summed E-state index contributed by atoms with van der Waals surface area (Å²) in [6.45, 7) is 5.39. The molecule has 0 unspecified atom stereocenters. The van der Waals surface area contributed by atoms with E-state index in [-0.39, 0.29) is 11.9 Å². The van der Waals surface area contributed by atoms with Crippen LogP contribution in [0.1, 0.15) is 18.9 Å². The van der Waals surface area contributed by atoms with Gasteiger partial charge in [-0.15, -0.1) is 0 Å². The summed E-state index contributed by atoms with van der Waals surface area (Å²) in [4.78, 5) is 16.9. The summed E-state index contributed by atoms with van der Waals surface area (Å²) in [7, 11) is 3.77. The third kappa shape index (κ3) is 3.99. The summed E-state index contributed by atoms with van der Waals surface area (Å²) in [5.74, 6) is 0.160. The smallest absolute Gasteiger partial charge is 0.237 e. The Labute approximate surface area is 133 Å². The normalized spacial score (nSPS) is 18.0. The van der Waals surface area contributed by atoms with Gasteiger partial charge in [-0.3, -0.25) is 4.79 Å². The average molecular weight is 305 g/mol. The molecule has 0 aromatic heterocycles. The molecule has 0 aliphatic carbocycles. The van der Waals surface area contributed by atoms with Crippen LogP contribution in [0.25, 0.3) is 0 Å². The van der Waals surface area contributed by atoms with Crippen molar-refractivity contribution in [3.8, 4) is 0 Å². The number of carbonyl (C=O) groups is 1. The third-order valence-corrected chi connectivity index (χ3v) is 4.22. The molecule has 0 bridgehead atoms. The van der Waals surface area contributed by atoms with Gasteiger partial charge in [-0.05, 0) is 18.1 Å². The van der Waals surface area contributed by atoms with Gasteiger partial charge in [0, 0.05) is 45.5 Å².